The van der Waals surface area contributed by atoms with Gasteiger partial charge in [-0.25, -0.2) is 4.98 Å². The number of nitrogens with zero attached hydrogens (tertiary/aromatic N) is 2. The molecule has 1 N–H and O–H groups in total. The highest BCUT2D eigenvalue weighted by Crippen LogP contribution is 2.28. The van der Waals surface area contributed by atoms with Crippen molar-refractivity contribution in [3.8, 4) is 11.5 Å². The normalized spacial score (nSPS) is 12.0. The van der Waals surface area contributed by atoms with Gasteiger partial charge in [0.05, 0.1) is 37.7 Å². The first kappa shape index (κ1) is 23.4. The van der Waals surface area contributed by atoms with Crippen LogP contribution in [0.1, 0.15) is 29.9 Å². The molecule has 36 heavy (non-hydrogen) atoms. The van der Waals surface area contributed by atoms with Gasteiger partial charge in [-0.1, -0.05) is 54.6 Å². The Balaban J connectivity index is 1.40. The SMILES string of the molecule is COc1ccc(CC(=O)NC(C)c2nc3ccccc3n2Cc2ccc3ccccc3c2)cc1OC. The van der Waals surface area contributed by atoms with E-state index in [2.05, 4.69) is 58.4 Å². The van der Waals surface area contributed by atoms with Crippen LogP contribution in [0, 0.1) is 0 Å². The topological polar surface area (TPSA) is 65.4 Å². The summed E-state index contributed by atoms with van der Waals surface area (Å²) in [7, 11) is 3.18. The number of ether oxygens (including phenoxy) is 2. The third-order valence-corrected chi connectivity index (χ3v) is 6.42. The Kier molecular flexibility index (Phi) is 6.58. The summed E-state index contributed by atoms with van der Waals surface area (Å²) in [4.78, 5) is 17.9. The number of aromatic nitrogens is 2. The standard InChI is InChI=1S/C30H29N3O3/c1-20(31-29(34)18-21-13-15-27(35-2)28(17-21)36-3)30-32-25-10-6-7-11-26(25)33(30)19-22-12-14-23-8-4-5-9-24(23)16-22/h4-17,20H,18-19H2,1-3H3,(H,31,34). The summed E-state index contributed by atoms with van der Waals surface area (Å²) in [6, 6.07) is 28.2. The van der Waals surface area contributed by atoms with Crippen molar-refractivity contribution in [1.82, 2.24) is 14.9 Å². The Bertz CT molecular complexity index is 1540. The molecule has 4 aromatic carbocycles. The van der Waals surface area contributed by atoms with E-state index in [1.54, 1.807) is 14.2 Å². The van der Waals surface area contributed by atoms with Crippen LogP contribution in [0.3, 0.4) is 0 Å². The van der Waals surface area contributed by atoms with Gasteiger partial charge in [0.1, 0.15) is 5.82 Å². The fourth-order valence-corrected chi connectivity index (χ4v) is 4.64. The van der Waals surface area contributed by atoms with E-state index in [4.69, 9.17) is 14.5 Å². The lowest BCUT2D eigenvalue weighted by molar-refractivity contribution is -0.121. The van der Waals surface area contributed by atoms with Gasteiger partial charge in [0.2, 0.25) is 5.91 Å². The highest BCUT2D eigenvalue weighted by atomic mass is 16.5. The number of carbonyl (C=O) groups excluding carboxylic acids is 1. The van der Waals surface area contributed by atoms with Crippen molar-refractivity contribution in [1.29, 1.82) is 0 Å². The molecule has 0 spiro atoms. The molecule has 182 valence electrons. The van der Waals surface area contributed by atoms with Crippen molar-refractivity contribution < 1.29 is 14.3 Å². The van der Waals surface area contributed by atoms with E-state index in [0.717, 1.165) is 22.4 Å². The van der Waals surface area contributed by atoms with Gasteiger partial charge in [-0.15, -0.1) is 0 Å². The summed E-state index contributed by atoms with van der Waals surface area (Å²) in [6.45, 7) is 2.64. The van der Waals surface area contributed by atoms with Gasteiger partial charge in [0.25, 0.3) is 0 Å². The molecule has 1 atom stereocenters. The van der Waals surface area contributed by atoms with Gasteiger partial charge < -0.3 is 19.4 Å². The van der Waals surface area contributed by atoms with Gasteiger partial charge in [-0.2, -0.15) is 0 Å². The van der Waals surface area contributed by atoms with E-state index >= 15 is 0 Å². The number of para-hydroxylation sites is 2. The zero-order valence-electron chi connectivity index (χ0n) is 20.7. The van der Waals surface area contributed by atoms with Gasteiger partial charge in [0.15, 0.2) is 11.5 Å². The second-order valence-electron chi connectivity index (χ2n) is 8.88. The van der Waals surface area contributed by atoms with E-state index < -0.39 is 0 Å². The second-order valence-corrected chi connectivity index (χ2v) is 8.88. The zero-order valence-corrected chi connectivity index (χ0v) is 20.7. The number of methoxy groups -OCH3 is 2. The van der Waals surface area contributed by atoms with Gasteiger partial charge in [-0.3, -0.25) is 4.79 Å². The Labute approximate surface area is 210 Å². The Hall–Kier alpha value is -4.32. The molecule has 1 unspecified atom stereocenters. The smallest absolute Gasteiger partial charge is 0.224 e. The summed E-state index contributed by atoms with van der Waals surface area (Å²) < 4.78 is 12.9. The fraction of sp³-hybridized carbons (Fsp3) is 0.200. The molecule has 0 radical (unpaired) electrons. The summed E-state index contributed by atoms with van der Waals surface area (Å²) in [5.74, 6) is 1.98. The molecule has 6 heteroatoms. The minimum atomic E-state index is -0.273. The maximum absolute atomic E-state index is 13.0. The second kappa shape index (κ2) is 10.1. The molecule has 0 fully saturated rings. The molecule has 0 aliphatic rings. The molecule has 0 aliphatic heterocycles. The predicted octanol–water partition coefficient (Wildman–Crippen LogP) is 5.67. The van der Waals surface area contributed by atoms with Crippen LogP contribution in [0.4, 0.5) is 0 Å². The van der Waals surface area contributed by atoms with E-state index in [1.165, 1.54) is 16.3 Å². The number of hydrogen-bond donors (Lipinski definition) is 1. The first-order chi connectivity index (χ1) is 17.6. The highest BCUT2D eigenvalue weighted by Gasteiger charge is 2.19. The monoisotopic (exact) mass is 479 g/mol. The Morgan fingerprint density at radius 3 is 2.39 bits per heavy atom. The van der Waals surface area contributed by atoms with Gasteiger partial charge in [0, 0.05) is 6.54 Å². The number of fused-ring (bicyclic) bond motifs is 2. The van der Waals surface area contributed by atoms with Crippen LogP contribution in [-0.4, -0.2) is 29.7 Å². The van der Waals surface area contributed by atoms with Crippen LogP contribution in [0.2, 0.25) is 0 Å². The molecule has 0 aliphatic carbocycles. The van der Waals surface area contributed by atoms with Crippen LogP contribution in [-0.2, 0) is 17.8 Å². The van der Waals surface area contributed by atoms with Crippen LogP contribution in [0.5, 0.6) is 11.5 Å². The summed E-state index contributed by atoms with van der Waals surface area (Å²) in [5, 5.41) is 5.55. The Morgan fingerprint density at radius 2 is 1.58 bits per heavy atom. The first-order valence-corrected chi connectivity index (χ1v) is 12.0. The first-order valence-electron chi connectivity index (χ1n) is 12.0. The van der Waals surface area contributed by atoms with Crippen molar-refractivity contribution >= 4 is 27.7 Å². The average Bonchev–Trinajstić information content (AvgIpc) is 3.27. The van der Waals surface area contributed by atoms with E-state index in [9.17, 15) is 4.79 Å². The number of carbonyl (C=O) groups is 1. The molecule has 5 rings (SSSR count). The average molecular weight is 480 g/mol. The highest BCUT2D eigenvalue weighted by molar-refractivity contribution is 5.83. The largest absolute Gasteiger partial charge is 0.493 e. The number of hydrogen-bond acceptors (Lipinski definition) is 4. The number of imidazole rings is 1. The minimum absolute atomic E-state index is 0.0842. The van der Waals surface area contributed by atoms with E-state index in [1.807, 2.05) is 43.3 Å². The van der Waals surface area contributed by atoms with Crippen LogP contribution >= 0.6 is 0 Å². The lowest BCUT2D eigenvalue weighted by Gasteiger charge is -2.17. The maximum atomic E-state index is 13.0. The molecule has 1 amide bonds. The zero-order chi connectivity index (χ0) is 25.1. The van der Waals surface area contributed by atoms with Crippen molar-refractivity contribution in [3.05, 3.63) is 102 Å². The molecular formula is C30H29N3O3. The number of amides is 1. The molecule has 0 saturated carbocycles. The summed E-state index contributed by atoms with van der Waals surface area (Å²) >= 11 is 0. The minimum Gasteiger partial charge on any atom is -0.493 e. The van der Waals surface area contributed by atoms with Crippen LogP contribution in [0.25, 0.3) is 21.8 Å². The van der Waals surface area contributed by atoms with E-state index in [-0.39, 0.29) is 18.4 Å². The summed E-state index contributed by atoms with van der Waals surface area (Å²) in [6.07, 6.45) is 0.232. The van der Waals surface area contributed by atoms with Gasteiger partial charge in [-0.05, 0) is 59.2 Å². The van der Waals surface area contributed by atoms with Crippen molar-refractivity contribution in [2.45, 2.75) is 25.9 Å². The lowest BCUT2D eigenvalue weighted by Crippen LogP contribution is -2.30. The number of nitrogens with one attached hydrogen (secondary N) is 1. The van der Waals surface area contributed by atoms with Gasteiger partial charge >= 0.3 is 0 Å². The third-order valence-electron chi connectivity index (χ3n) is 6.42. The summed E-state index contributed by atoms with van der Waals surface area (Å²) in [5.41, 5.74) is 3.99. The van der Waals surface area contributed by atoms with Crippen molar-refractivity contribution in [2.24, 2.45) is 0 Å². The molecule has 0 saturated heterocycles. The third kappa shape index (κ3) is 4.75. The molecule has 1 aromatic heterocycles. The number of benzene rings is 4. The molecule has 5 aromatic rings. The van der Waals surface area contributed by atoms with E-state index in [0.29, 0.717) is 18.0 Å². The predicted molar refractivity (Wildman–Crippen MR) is 143 cm³/mol. The lowest BCUT2D eigenvalue weighted by atomic mass is 10.1. The van der Waals surface area contributed by atoms with Crippen LogP contribution < -0.4 is 14.8 Å². The molecular weight excluding hydrogens is 450 g/mol. The molecule has 0 bridgehead atoms. The fourth-order valence-electron chi connectivity index (χ4n) is 4.64. The quantitative estimate of drug-likeness (QED) is 0.311. The Morgan fingerprint density at radius 1 is 0.861 bits per heavy atom. The van der Waals surface area contributed by atoms with Crippen LogP contribution in [0.15, 0.2) is 84.9 Å². The molecule has 6 nitrogen and oxygen atoms in total. The van der Waals surface area contributed by atoms with Crippen molar-refractivity contribution in [2.75, 3.05) is 14.2 Å². The number of rotatable bonds is 8. The molecule has 1 heterocycles. The van der Waals surface area contributed by atoms with Crippen molar-refractivity contribution in [3.63, 3.8) is 0 Å². The maximum Gasteiger partial charge on any atom is 0.224 e.